The van der Waals surface area contributed by atoms with E-state index in [0.29, 0.717) is 17.9 Å². The molecule has 0 fully saturated rings. The lowest BCUT2D eigenvalue weighted by atomic mass is 10.3. The summed E-state index contributed by atoms with van der Waals surface area (Å²) in [4.78, 5) is 0.912. The minimum absolute atomic E-state index is 0.113. The monoisotopic (exact) mass is 276 g/mol. The number of aliphatic hydroxyl groups excluding tert-OH is 1. The van der Waals surface area contributed by atoms with E-state index in [4.69, 9.17) is 10.8 Å². The molecule has 0 amide bonds. The summed E-state index contributed by atoms with van der Waals surface area (Å²) < 4.78 is 25.4. The third-order valence-corrected chi connectivity index (χ3v) is 4.69. The second-order valence-corrected chi connectivity index (χ2v) is 6.36. The van der Waals surface area contributed by atoms with Gasteiger partial charge in [0.05, 0.1) is 4.90 Å². The van der Waals surface area contributed by atoms with Crippen LogP contribution in [0.1, 0.15) is 6.42 Å². The fourth-order valence-corrected chi connectivity index (χ4v) is 2.94. The van der Waals surface area contributed by atoms with Gasteiger partial charge in [0.15, 0.2) is 0 Å². The second-order valence-electron chi connectivity index (χ2n) is 3.33. The molecule has 0 radical (unpaired) electrons. The molecule has 96 valence electrons. The number of nitrogens with two attached hydrogens (primary N) is 1. The van der Waals surface area contributed by atoms with Gasteiger partial charge < -0.3 is 10.8 Å². The number of sulfonamides is 1. The number of aliphatic hydroxyl groups is 1. The number of nitrogen functional groups attached to an aromatic ring is 1. The second kappa shape index (κ2) is 6.25. The molecule has 0 saturated carbocycles. The SMILES string of the molecule is CNS(=O)(=O)c1ccc(N)c(SCCCO)c1. The molecular weight excluding hydrogens is 260 g/mol. The normalized spacial score (nSPS) is 11.6. The van der Waals surface area contributed by atoms with Gasteiger partial charge in [-0.1, -0.05) is 0 Å². The predicted octanol–water partition coefficient (Wildman–Crippen LogP) is 0.651. The molecule has 1 rings (SSSR count). The fraction of sp³-hybridized carbons (Fsp3) is 0.400. The van der Waals surface area contributed by atoms with Crippen molar-refractivity contribution in [2.75, 3.05) is 25.1 Å². The summed E-state index contributed by atoms with van der Waals surface area (Å²) in [6, 6.07) is 4.59. The Morgan fingerprint density at radius 1 is 1.47 bits per heavy atom. The number of benzene rings is 1. The molecule has 5 nitrogen and oxygen atoms in total. The van der Waals surface area contributed by atoms with Gasteiger partial charge in [0, 0.05) is 22.9 Å². The molecular formula is C10H16N2O3S2. The highest BCUT2D eigenvalue weighted by Gasteiger charge is 2.13. The number of hydrogen-bond acceptors (Lipinski definition) is 5. The van der Waals surface area contributed by atoms with Crippen molar-refractivity contribution < 1.29 is 13.5 Å². The lowest BCUT2D eigenvalue weighted by Gasteiger charge is -2.08. The van der Waals surface area contributed by atoms with Crippen molar-refractivity contribution >= 4 is 27.5 Å². The summed E-state index contributed by atoms with van der Waals surface area (Å²) in [5.74, 6) is 0.698. The first kappa shape index (κ1) is 14.3. The first-order valence-corrected chi connectivity index (χ1v) is 7.55. The standard InChI is InChI=1S/C10H16N2O3S2/c1-12-17(14,15)8-3-4-9(11)10(7-8)16-6-2-5-13/h3-4,7,12-13H,2,5-6,11H2,1H3. The van der Waals surface area contributed by atoms with Crippen molar-refractivity contribution in [3.05, 3.63) is 18.2 Å². The van der Waals surface area contributed by atoms with E-state index in [9.17, 15) is 8.42 Å². The van der Waals surface area contributed by atoms with Crippen LogP contribution in [0.2, 0.25) is 0 Å². The Morgan fingerprint density at radius 3 is 2.76 bits per heavy atom. The maximum atomic E-state index is 11.6. The average molecular weight is 276 g/mol. The predicted molar refractivity (Wildman–Crippen MR) is 69.5 cm³/mol. The largest absolute Gasteiger partial charge is 0.398 e. The lowest BCUT2D eigenvalue weighted by Crippen LogP contribution is -2.18. The van der Waals surface area contributed by atoms with E-state index in [-0.39, 0.29) is 11.5 Å². The topological polar surface area (TPSA) is 92.4 Å². The molecule has 0 unspecified atom stereocenters. The molecule has 0 aliphatic carbocycles. The van der Waals surface area contributed by atoms with Crippen LogP contribution in [0.5, 0.6) is 0 Å². The summed E-state index contributed by atoms with van der Waals surface area (Å²) in [6.45, 7) is 0.113. The highest BCUT2D eigenvalue weighted by atomic mass is 32.2. The number of thioether (sulfide) groups is 1. The molecule has 0 heterocycles. The number of hydrogen-bond donors (Lipinski definition) is 3. The Morgan fingerprint density at radius 2 is 2.18 bits per heavy atom. The van der Waals surface area contributed by atoms with Crippen molar-refractivity contribution in [3.8, 4) is 0 Å². The zero-order chi connectivity index (χ0) is 12.9. The van der Waals surface area contributed by atoms with Crippen LogP contribution in [0.3, 0.4) is 0 Å². The fourth-order valence-electron chi connectivity index (χ4n) is 1.17. The molecule has 1 aromatic carbocycles. The Bertz CT molecular complexity index is 474. The van der Waals surface area contributed by atoms with Gasteiger partial charge in [-0.25, -0.2) is 13.1 Å². The van der Waals surface area contributed by atoms with E-state index >= 15 is 0 Å². The molecule has 17 heavy (non-hydrogen) atoms. The highest BCUT2D eigenvalue weighted by Crippen LogP contribution is 2.28. The number of rotatable bonds is 6. The van der Waals surface area contributed by atoms with Crippen molar-refractivity contribution in [2.45, 2.75) is 16.2 Å². The summed E-state index contributed by atoms with van der Waals surface area (Å²) in [5, 5.41) is 8.69. The van der Waals surface area contributed by atoms with Gasteiger partial charge in [0.25, 0.3) is 0 Å². The lowest BCUT2D eigenvalue weighted by molar-refractivity contribution is 0.296. The number of anilines is 1. The molecule has 0 atom stereocenters. The van der Waals surface area contributed by atoms with Crippen molar-refractivity contribution in [1.29, 1.82) is 0 Å². The summed E-state index contributed by atoms with van der Waals surface area (Å²) in [6.07, 6.45) is 0.646. The Kier molecular flexibility index (Phi) is 5.26. The molecule has 1 aromatic rings. The van der Waals surface area contributed by atoms with Gasteiger partial charge in [-0.3, -0.25) is 0 Å². The van der Waals surface area contributed by atoms with E-state index in [1.807, 2.05) is 0 Å². The van der Waals surface area contributed by atoms with Crippen LogP contribution in [0.4, 0.5) is 5.69 Å². The molecule has 4 N–H and O–H groups in total. The molecule has 0 aliphatic heterocycles. The number of nitrogens with one attached hydrogen (secondary N) is 1. The van der Waals surface area contributed by atoms with Gasteiger partial charge >= 0.3 is 0 Å². The third-order valence-electron chi connectivity index (χ3n) is 2.12. The van der Waals surface area contributed by atoms with Gasteiger partial charge in [0.1, 0.15) is 0 Å². The Labute approximate surface area is 105 Å². The van der Waals surface area contributed by atoms with Crippen molar-refractivity contribution in [2.24, 2.45) is 0 Å². The summed E-state index contributed by atoms with van der Waals surface area (Å²) >= 11 is 1.44. The maximum Gasteiger partial charge on any atom is 0.240 e. The van der Waals surface area contributed by atoms with Gasteiger partial charge in [0.2, 0.25) is 10.0 Å². The molecule has 0 spiro atoms. The molecule has 0 aliphatic rings. The summed E-state index contributed by atoms with van der Waals surface area (Å²) in [7, 11) is -2.07. The van der Waals surface area contributed by atoms with Crippen LogP contribution < -0.4 is 10.5 Å². The minimum atomic E-state index is -3.44. The van der Waals surface area contributed by atoms with E-state index in [1.165, 1.54) is 24.9 Å². The van der Waals surface area contributed by atoms with Crippen LogP contribution in [0.15, 0.2) is 28.0 Å². The molecule has 7 heteroatoms. The van der Waals surface area contributed by atoms with Crippen LogP contribution >= 0.6 is 11.8 Å². The summed E-state index contributed by atoms with van der Waals surface area (Å²) in [5.41, 5.74) is 6.30. The quantitative estimate of drug-likeness (QED) is 0.403. The van der Waals surface area contributed by atoms with Crippen LogP contribution in [-0.2, 0) is 10.0 Å². The molecule has 0 bridgehead atoms. The maximum absolute atomic E-state index is 11.6. The molecule has 0 aromatic heterocycles. The van der Waals surface area contributed by atoms with E-state index < -0.39 is 10.0 Å². The zero-order valence-corrected chi connectivity index (χ0v) is 11.1. The Balaban J connectivity index is 2.95. The van der Waals surface area contributed by atoms with E-state index in [2.05, 4.69) is 4.72 Å². The van der Waals surface area contributed by atoms with E-state index in [0.717, 1.165) is 4.90 Å². The molecule has 0 saturated heterocycles. The highest BCUT2D eigenvalue weighted by molar-refractivity contribution is 7.99. The van der Waals surface area contributed by atoms with Crippen molar-refractivity contribution in [3.63, 3.8) is 0 Å². The van der Waals surface area contributed by atoms with Crippen LogP contribution in [-0.4, -0.2) is 32.9 Å². The van der Waals surface area contributed by atoms with E-state index in [1.54, 1.807) is 12.1 Å². The average Bonchev–Trinajstić information content (AvgIpc) is 2.31. The van der Waals surface area contributed by atoms with Crippen LogP contribution in [0.25, 0.3) is 0 Å². The smallest absolute Gasteiger partial charge is 0.240 e. The first-order chi connectivity index (χ1) is 8.01. The third kappa shape index (κ3) is 3.88. The van der Waals surface area contributed by atoms with Gasteiger partial charge in [-0.2, -0.15) is 0 Å². The van der Waals surface area contributed by atoms with Gasteiger partial charge in [-0.15, -0.1) is 11.8 Å². The first-order valence-electron chi connectivity index (χ1n) is 5.08. The minimum Gasteiger partial charge on any atom is -0.398 e. The van der Waals surface area contributed by atoms with Gasteiger partial charge in [-0.05, 0) is 31.7 Å². The zero-order valence-electron chi connectivity index (χ0n) is 9.51. The van der Waals surface area contributed by atoms with Crippen LogP contribution in [0, 0.1) is 0 Å². The van der Waals surface area contributed by atoms with Crippen molar-refractivity contribution in [1.82, 2.24) is 4.72 Å². The Hall–Kier alpha value is -0.760.